The highest BCUT2D eigenvalue weighted by molar-refractivity contribution is 6.33. The van der Waals surface area contributed by atoms with Gasteiger partial charge in [-0.2, -0.15) is 0 Å². The molecule has 1 unspecified atom stereocenters. The summed E-state index contributed by atoms with van der Waals surface area (Å²) in [6.07, 6.45) is 0.479. The number of likely N-dealkylation sites (tertiary alicyclic amines) is 1. The van der Waals surface area contributed by atoms with Crippen LogP contribution in [-0.4, -0.2) is 41.9 Å². The van der Waals surface area contributed by atoms with Crippen LogP contribution in [0.3, 0.4) is 0 Å². The maximum absolute atomic E-state index is 12.4. The summed E-state index contributed by atoms with van der Waals surface area (Å²) in [5.74, 6) is -1.28. The third-order valence-corrected chi connectivity index (χ3v) is 3.71. The maximum atomic E-state index is 12.4. The second-order valence-electron chi connectivity index (χ2n) is 4.65. The molecular weight excluding hydrogens is 300 g/mol. The molecule has 1 heterocycles. The number of hydrogen-bond acceptors (Lipinski definition) is 5. The molecule has 2 rings (SSSR count). The zero-order valence-electron chi connectivity index (χ0n) is 11.2. The van der Waals surface area contributed by atoms with Crippen molar-refractivity contribution in [3.05, 3.63) is 38.9 Å². The average Bonchev–Trinajstić information content (AvgIpc) is 2.94. The monoisotopic (exact) mass is 312 g/mol. The lowest BCUT2D eigenvalue weighted by atomic mass is 10.1. The topological polar surface area (TPSA) is 89.8 Å². The van der Waals surface area contributed by atoms with Gasteiger partial charge in [-0.05, 0) is 18.6 Å². The van der Waals surface area contributed by atoms with Gasteiger partial charge in [0.1, 0.15) is 10.6 Å². The number of para-hydroxylation sites is 1. The van der Waals surface area contributed by atoms with Gasteiger partial charge in [-0.3, -0.25) is 19.7 Å². The number of benzene rings is 1. The summed E-state index contributed by atoms with van der Waals surface area (Å²) in [5.41, 5.74) is -0.483. The Bertz CT molecular complexity index is 604. The molecule has 1 fully saturated rings. The fourth-order valence-electron chi connectivity index (χ4n) is 2.35. The summed E-state index contributed by atoms with van der Waals surface area (Å²) in [7, 11) is 1.29. The molecule has 0 bridgehead atoms. The van der Waals surface area contributed by atoms with E-state index >= 15 is 0 Å². The zero-order valence-corrected chi connectivity index (χ0v) is 12.0. The number of nitro benzene ring substituents is 1. The van der Waals surface area contributed by atoms with E-state index in [4.69, 9.17) is 11.6 Å². The number of esters is 1. The number of halogens is 1. The van der Waals surface area contributed by atoms with Gasteiger partial charge in [-0.1, -0.05) is 17.7 Å². The van der Waals surface area contributed by atoms with E-state index in [0.717, 1.165) is 0 Å². The van der Waals surface area contributed by atoms with Gasteiger partial charge in [0.25, 0.3) is 5.91 Å². The smallest absolute Gasteiger partial charge is 0.310 e. The number of ether oxygens (including phenoxy) is 1. The summed E-state index contributed by atoms with van der Waals surface area (Å²) >= 11 is 5.79. The average molecular weight is 313 g/mol. The highest BCUT2D eigenvalue weighted by Gasteiger charge is 2.35. The van der Waals surface area contributed by atoms with Crippen molar-refractivity contribution < 1.29 is 19.2 Å². The first-order chi connectivity index (χ1) is 9.95. The van der Waals surface area contributed by atoms with E-state index < -0.39 is 22.4 Å². The Morgan fingerprint density at radius 1 is 1.48 bits per heavy atom. The van der Waals surface area contributed by atoms with Crippen molar-refractivity contribution in [2.45, 2.75) is 6.42 Å². The molecule has 0 aliphatic carbocycles. The van der Waals surface area contributed by atoms with Crippen LogP contribution >= 0.6 is 11.6 Å². The molecule has 1 atom stereocenters. The van der Waals surface area contributed by atoms with Gasteiger partial charge in [0.2, 0.25) is 0 Å². The summed E-state index contributed by atoms with van der Waals surface area (Å²) in [6.45, 7) is 0.539. The molecule has 8 heteroatoms. The number of carbonyl (C=O) groups excluding carboxylic acids is 2. The molecule has 0 spiro atoms. The second-order valence-corrected chi connectivity index (χ2v) is 5.06. The first-order valence-corrected chi connectivity index (χ1v) is 6.63. The molecule has 21 heavy (non-hydrogen) atoms. The lowest BCUT2D eigenvalue weighted by Gasteiger charge is -2.16. The molecule has 1 aromatic rings. The van der Waals surface area contributed by atoms with Crippen molar-refractivity contribution in [2.24, 2.45) is 5.92 Å². The fraction of sp³-hybridized carbons (Fsp3) is 0.385. The number of methoxy groups -OCH3 is 1. The minimum absolute atomic E-state index is 0.0713. The van der Waals surface area contributed by atoms with Gasteiger partial charge in [-0.25, -0.2) is 0 Å². The molecule has 0 aromatic heterocycles. The summed E-state index contributed by atoms with van der Waals surface area (Å²) in [6, 6.07) is 4.20. The lowest BCUT2D eigenvalue weighted by molar-refractivity contribution is -0.385. The molecule has 1 aliphatic heterocycles. The first kappa shape index (κ1) is 15.2. The van der Waals surface area contributed by atoms with E-state index in [2.05, 4.69) is 4.74 Å². The van der Waals surface area contributed by atoms with Crippen LogP contribution in [0.25, 0.3) is 0 Å². The fourth-order valence-corrected chi connectivity index (χ4v) is 2.59. The van der Waals surface area contributed by atoms with Crippen molar-refractivity contribution in [3.8, 4) is 0 Å². The zero-order chi connectivity index (χ0) is 15.6. The van der Waals surface area contributed by atoms with Crippen LogP contribution in [-0.2, 0) is 9.53 Å². The summed E-state index contributed by atoms with van der Waals surface area (Å²) < 4.78 is 4.64. The van der Waals surface area contributed by atoms with Crippen molar-refractivity contribution in [3.63, 3.8) is 0 Å². The maximum Gasteiger partial charge on any atom is 0.310 e. The predicted octanol–water partition coefficient (Wildman–Crippen LogP) is 1.88. The van der Waals surface area contributed by atoms with Crippen molar-refractivity contribution in [1.29, 1.82) is 0 Å². The van der Waals surface area contributed by atoms with Gasteiger partial charge >= 0.3 is 11.7 Å². The van der Waals surface area contributed by atoms with E-state index in [-0.39, 0.29) is 23.1 Å². The van der Waals surface area contributed by atoms with Gasteiger partial charge in [0.15, 0.2) is 0 Å². The minimum Gasteiger partial charge on any atom is -0.469 e. The van der Waals surface area contributed by atoms with Crippen LogP contribution in [0.5, 0.6) is 0 Å². The van der Waals surface area contributed by atoms with Crippen molar-refractivity contribution in [1.82, 2.24) is 4.90 Å². The third-order valence-electron chi connectivity index (χ3n) is 3.41. The SMILES string of the molecule is COC(=O)C1CCN(C(=O)c2cccc(Cl)c2[N+](=O)[O-])C1. The normalized spacial score (nSPS) is 17.6. The Morgan fingerprint density at radius 3 is 2.81 bits per heavy atom. The Kier molecular flexibility index (Phi) is 4.42. The predicted molar refractivity (Wildman–Crippen MR) is 74.1 cm³/mol. The summed E-state index contributed by atoms with van der Waals surface area (Å²) in [4.78, 5) is 35.6. The van der Waals surface area contributed by atoms with Gasteiger partial charge in [0.05, 0.1) is 18.0 Å². The molecule has 1 aromatic carbocycles. The van der Waals surface area contributed by atoms with Crippen LogP contribution in [0.1, 0.15) is 16.8 Å². The molecule has 0 N–H and O–H groups in total. The Morgan fingerprint density at radius 2 is 2.19 bits per heavy atom. The Labute approximate surface area is 125 Å². The van der Waals surface area contributed by atoms with Crippen LogP contribution in [0.2, 0.25) is 5.02 Å². The Hall–Kier alpha value is -2.15. The standard InChI is InChI=1S/C13H13ClN2O5/c1-21-13(18)8-5-6-15(7-8)12(17)9-3-2-4-10(14)11(9)16(19)20/h2-4,8H,5-7H2,1H3. The molecule has 7 nitrogen and oxygen atoms in total. The van der Waals surface area contributed by atoms with E-state index in [1.807, 2.05) is 0 Å². The largest absolute Gasteiger partial charge is 0.469 e. The van der Waals surface area contributed by atoms with E-state index in [9.17, 15) is 19.7 Å². The molecule has 1 aliphatic rings. The van der Waals surface area contributed by atoms with Crippen LogP contribution in [0.4, 0.5) is 5.69 Å². The number of hydrogen-bond donors (Lipinski definition) is 0. The van der Waals surface area contributed by atoms with Gasteiger partial charge in [0, 0.05) is 13.1 Å². The number of rotatable bonds is 3. The molecule has 0 radical (unpaired) electrons. The van der Waals surface area contributed by atoms with E-state index in [1.165, 1.54) is 30.2 Å². The number of nitrogens with zero attached hydrogens (tertiary/aromatic N) is 2. The number of carbonyl (C=O) groups is 2. The van der Waals surface area contributed by atoms with Crippen LogP contribution in [0, 0.1) is 16.0 Å². The Balaban J connectivity index is 2.24. The molecular formula is C13H13ClN2O5. The molecule has 1 saturated heterocycles. The van der Waals surface area contributed by atoms with Crippen LogP contribution < -0.4 is 0 Å². The minimum atomic E-state index is -0.677. The number of nitro groups is 1. The molecule has 1 amide bonds. The molecule has 0 saturated carbocycles. The van der Waals surface area contributed by atoms with Gasteiger partial charge in [-0.15, -0.1) is 0 Å². The first-order valence-electron chi connectivity index (χ1n) is 6.25. The highest BCUT2D eigenvalue weighted by Crippen LogP contribution is 2.30. The second kappa shape index (κ2) is 6.09. The van der Waals surface area contributed by atoms with E-state index in [1.54, 1.807) is 0 Å². The number of amides is 1. The van der Waals surface area contributed by atoms with Crippen molar-refractivity contribution in [2.75, 3.05) is 20.2 Å². The van der Waals surface area contributed by atoms with E-state index in [0.29, 0.717) is 13.0 Å². The lowest BCUT2D eigenvalue weighted by Crippen LogP contribution is -2.30. The van der Waals surface area contributed by atoms with Gasteiger partial charge < -0.3 is 9.64 Å². The summed E-state index contributed by atoms with van der Waals surface area (Å²) in [5, 5.41) is 11.0. The molecule has 112 valence electrons. The van der Waals surface area contributed by atoms with Crippen LogP contribution in [0.15, 0.2) is 18.2 Å². The highest BCUT2D eigenvalue weighted by atomic mass is 35.5. The van der Waals surface area contributed by atoms with Crippen molar-refractivity contribution >= 4 is 29.2 Å². The third kappa shape index (κ3) is 2.97. The quantitative estimate of drug-likeness (QED) is 0.483.